The molecule has 2 fully saturated rings. The zero-order valence-electron chi connectivity index (χ0n) is 22.1. The van der Waals surface area contributed by atoms with E-state index in [2.05, 4.69) is 24.1 Å². The van der Waals surface area contributed by atoms with Crippen molar-refractivity contribution in [3.63, 3.8) is 0 Å². The molecule has 0 spiro atoms. The molecule has 3 aliphatic rings. The number of fused-ring (bicyclic) bond motifs is 1. The number of morpholine rings is 1. The van der Waals surface area contributed by atoms with Gasteiger partial charge in [0.05, 0.1) is 13.2 Å². The van der Waals surface area contributed by atoms with E-state index in [0.717, 1.165) is 30.6 Å². The van der Waals surface area contributed by atoms with Crippen molar-refractivity contribution in [2.45, 2.75) is 83.3 Å². The van der Waals surface area contributed by atoms with Gasteiger partial charge in [0.1, 0.15) is 5.82 Å². The first kappa shape index (κ1) is 26.7. The van der Waals surface area contributed by atoms with Crippen molar-refractivity contribution in [1.29, 1.82) is 0 Å². The van der Waals surface area contributed by atoms with Crippen molar-refractivity contribution in [1.82, 2.24) is 10.2 Å². The predicted octanol–water partition coefficient (Wildman–Crippen LogP) is 4.63. The molecule has 1 aliphatic carbocycles. The molecule has 0 bridgehead atoms. The van der Waals surface area contributed by atoms with Crippen LogP contribution in [0.25, 0.3) is 0 Å². The Morgan fingerprint density at radius 3 is 2.61 bits per heavy atom. The Kier molecular flexibility index (Phi) is 8.75. The number of nitrogens with one attached hydrogen (secondary N) is 1. The number of alkyl carbamates (subject to hydrolysis) is 1. The molecule has 4 rings (SSSR count). The molecular weight excluding hydrogens is 461 g/mol. The number of carbonyl (C=O) groups excluding carboxylic acids is 2. The van der Waals surface area contributed by atoms with Crippen molar-refractivity contribution in [3.8, 4) is 0 Å². The lowest BCUT2D eigenvalue weighted by Gasteiger charge is -2.33. The molecule has 2 amide bonds. The summed E-state index contributed by atoms with van der Waals surface area (Å²) in [4.78, 5) is 30.3. The molecule has 1 aromatic rings. The molecule has 2 unspecified atom stereocenters. The SMILES string of the molecule is CCC(CN1CC(C)(C)c2cc(F)ccc21)NC(=O)OC(CC1CCCCC1)C(=O)N1CCOCC1. The molecule has 1 saturated heterocycles. The van der Waals surface area contributed by atoms with Gasteiger partial charge in [-0.15, -0.1) is 0 Å². The molecule has 0 radical (unpaired) electrons. The molecule has 0 aromatic heterocycles. The average molecular weight is 504 g/mol. The topological polar surface area (TPSA) is 71.1 Å². The van der Waals surface area contributed by atoms with E-state index in [1.807, 2.05) is 13.0 Å². The van der Waals surface area contributed by atoms with Crippen LogP contribution in [0.4, 0.5) is 14.9 Å². The summed E-state index contributed by atoms with van der Waals surface area (Å²) in [7, 11) is 0. The Morgan fingerprint density at radius 2 is 1.92 bits per heavy atom. The fourth-order valence-electron chi connectivity index (χ4n) is 5.92. The summed E-state index contributed by atoms with van der Waals surface area (Å²) in [6.45, 7) is 9.70. The monoisotopic (exact) mass is 503 g/mol. The second kappa shape index (κ2) is 11.8. The Labute approximate surface area is 214 Å². The number of benzene rings is 1. The number of rotatable bonds is 8. The van der Waals surface area contributed by atoms with Crippen LogP contribution in [0.5, 0.6) is 0 Å². The minimum atomic E-state index is -0.766. The number of carbonyl (C=O) groups is 2. The van der Waals surface area contributed by atoms with E-state index in [1.165, 1.54) is 25.3 Å². The first-order valence-electron chi connectivity index (χ1n) is 13.7. The van der Waals surface area contributed by atoms with Crippen molar-refractivity contribution in [2.24, 2.45) is 5.92 Å². The van der Waals surface area contributed by atoms with Gasteiger partial charge >= 0.3 is 6.09 Å². The highest BCUT2D eigenvalue weighted by atomic mass is 19.1. The van der Waals surface area contributed by atoms with Crippen LogP contribution in [0, 0.1) is 11.7 Å². The molecule has 8 heteroatoms. The van der Waals surface area contributed by atoms with Gasteiger partial charge < -0.3 is 24.6 Å². The summed E-state index contributed by atoms with van der Waals surface area (Å²) in [5.41, 5.74) is 1.82. The Hall–Kier alpha value is -2.35. The largest absolute Gasteiger partial charge is 0.436 e. The van der Waals surface area contributed by atoms with Crippen LogP contribution in [0.15, 0.2) is 18.2 Å². The van der Waals surface area contributed by atoms with E-state index >= 15 is 0 Å². The van der Waals surface area contributed by atoms with Crippen molar-refractivity contribution < 1.29 is 23.5 Å². The van der Waals surface area contributed by atoms with Gasteiger partial charge in [-0.2, -0.15) is 0 Å². The normalized spacial score (nSPS) is 21.6. The molecule has 2 heterocycles. The summed E-state index contributed by atoms with van der Waals surface area (Å²) < 4.78 is 25.1. The van der Waals surface area contributed by atoms with Gasteiger partial charge in [-0.25, -0.2) is 9.18 Å². The highest BCUT2D eigenvalue weighted by Crippen LogP contribution is 2.40. The lowest BCUT2D eigenvalue weighted by molar-refractivity contribution is -0.145. The average Bonchev–Trinajstić information content (AvgIpc) is 3.12. The van der Waals surface area contributed by atoms with Gasteiger partial charge in [0, 0.05) is 43.3 Å². The number of ether oxygens (including phenoxy) is 2. The summed E-state index contributed by atoms with van der Waals surface area (Å²) >= 11 is 0. The number of nitrogens with zero attached hydrogens (tertiary/aromatic N) is 2. The fourth-order valence-corrected chi connectivity index (χ4v) is 5.92. The zero-order chi connectivity index (χ0) is 25.7. The Balaban J connectivity index is 1.39. The fraction of sp³-hybridized carbons (Fsp3) is 0.714. The summed E-state index contributed by atoms with van der Waals surface area (Å²) in [6.07, 6.45) is 5.74. The third-order valence-corrected chi connectivity index (χ3v) is 7.99. The minimum absolute atomic E-state index is 0.107. The third kappa shape index (κ3) is 6.50. The van der Waals surface area contributed by atoms with Crippen molar-refractivity contribution in [3.05, 3.63) is 29.6 Å². The second-order valence-corrected chi connectivity index (χ2v) is 11.2. The van der Waals surface area contributed by atoms with Gasteiger partial charge in [-0.05, 0) is 42.5 Å². The minimum Gasteiger partial charge on any atom is -0.436 e. The number of halogens is 1. The van der Waals surface area contributed by atoms with Crippen LogP contribution in [0.1, 0.15) is 71.3 Å². The van der Waals surface area contributed by atoms with E-state index in [1.54, 1.807) is 11.0 Å². The quantitative estimate of drug-likeness (QED) is 0.560. The van der Waals surface area contributed by atoms with Crippen LogP contribution in [-0.2, 0) is 19.7 Å². The van der Waals surface area contributed by atoms with E-state index in [-0.39, 0.29) is 23.2 Å². The van der Waals surface area contributed by atoms with Gasteiger partial charge in [0.2, 0.25) is 0 Å². The maximum atomic E-state index is 13.9. The summed E-state index contributed by atoms with van der Waals surface area (Å²) in [6, 6.07) is 4.78. The van der Waals surface area contributed by atoms with Crippen molar-refractivity contribution in [2.75, 3.05) is 44.3 Å². The molecule has 200 valence electrons. The standard InChI is InChI=1S/C28H42FN3O4/c1-4-22(18-32-19-28(2,3)23-17-21(29)10-11-24(23)32)30-27(34)36-25(16-20-8-6-5-7-9-20)26(33)31-12-14-35-15-13-31/h10-11,17,20,22,25H,4-9,12-16,18-19H2,1-3H3,(H,30,34). The molecule has 2 aliphatic heterocycles. The molecule has 2 atom stereocenters. The molecule has 1 N–H and O–H groups in total. The highest BCUT2D eigenvalue weighted by Gasteiger charge is 2.37. The van der Waals surface area contributed by atoms with Crippen LogP contribution in [-0.4, -0.2) is 68.4 Å². The van der Waals surface area contributed by atoms with Gasteiger partial charge in [0.25, 0.3) is 5.91 Å². The molecule has 36 heavy (non-hydrogen) atoms. The third-order valence-electron chi connectivity index (χ3n) is 7.99. The Bertz CT molecular complexity index is 912. The second-order valence-electron chi connectivity index (χ2n) is 11.2. The van der Waals surface area contributed by atoms with E-state index in [9.17, 15) is 14.0 Å². The lowest BCUT2D eigenvalue weighted by atomic mass is 9.85. The van der Waals surface area contributed by atoms with Crippen LogP contribution in [0.2, 0.25) is 0 Å². The molecule has 1 saturated carbocycles. The van der Waals surface area contributed by atoms with Crippen LogP contribution < -0.4 is 10.2 Å². The maximum Gasteiger partial charge on any atom is 0.408 e. The first-order chi connectivity index (χ1) is 17.3. The number of anilines is 1. The maximum absolute atomic E-state index is 13.9. The van der Waals surface area contributed by atoms with Gasteiger partial charge in [-0.3, -0.25) is 4.79 Å². The molecule has 7 nitrogen and oxygen atoms in total. The van der Waals surface area contributed by atoms with Crippen LogP contribution >= 0.6 is 0 Å². The lowest BCUT2D eigenvalue weighted by Crippen LogP contribution is -2.50. The van der Waals surface area contributed by atoms with E-state index in [4.69, 9.17) is 9.47 Å². The zero-order valence-corrected chi connectivity index (χ0v) is 22.1. The first-order valence-corrected chi connectivity index (χ1v) is 13.7. The summed E-state index contributed by atoms with van der Waals surface area (Å²) in [5.74, 6) is 0.0721. The smallest absolute Gasteiger partial charge is 0.408 e. The summed E-state index contributed by atoms with van der Waals surface area (Å²) in [5, 5.41) is 3.02. The number of hydrogen-bond donors (Lipinski definition) is 1. The molecular formula is C28H42FN3O4. The van der Waals surface area contributed by atoms with E-state index in [0.29, 0.717) is 51.6 Å². The highest BCUT2D eigenvalue weighted by molar-refractivity contribution is 5.83. The molecule has 1 aromatic carbocycles. The van der Waals surface area contributed by atoms with Crippen molar-refractivity contribution >= 4 is 17.7 Å². The number of amides is 2. The Morgan fingerprint density at radius 1 is 1.19 bits per heavy atom. The van der Waals surface area contributed by atoms with E-state index < -0.39 is 12.2 Å². The van der Waals surface area contributed by atoms with Crippen LogP contribution in [0.3, 0.4) is 0 Å². The van der Waals surface area contributed by atoms with Gasteiger partial charge in [-0.1, -0.05) is 52.9 Å². The predicted molar refractivity (Wildman–Crippen MR) is 138 cm³/mol. The van der Waals surface area contributed by atoms with Gasteiger partial charge in [0.15, 0.2) is 6.10 Å². The number of hydrogen-bond acceptors (Lipinski definition) is 5.